The molecule has 0 saturated carbocycles. The fourth-order valence-electron chi connectivity index (χ4n) is 22.9. The first-order valence-electron chi connectivity index (χ1n) is 48.4. The molecule has 5 heteroatoms. The molecule has 5 heterocycles. The second-order valence-corrected chi connectivity index (χ2v) is 40.1. The van der Waals surface area contributed by atoms with E-state index in [1.54, 1.807) is 0 Å². The third-order valence-electron chi connectivity index (χ3n) is 29.1. The van der Waals surface area contributed by atoms with E-state index >= 15 is 0 Å². The highest BCUT2D eigenvalue weighted by Crippen LogP contribution is 2.53. The van der Waals surface area contributed by atoms with Crippen molar-refractivity contribution in [3.05, 3.63) is 510 Å². The minimum Gasteiger partial charge on any atom is -0.309 e. The van der Waals surface area contributed by atoms with E-state index in [1.165, 1.54) is 270 Å². The van der Waals surface area contributed by atoms with Crippen molar-refractivity contribution in [1.29, 1.82) is 0 Å². The van der Waals surface area contributed by atoms with Crippen LogP contribution in [0.15, 0.2) is 510 Å². The van der Waals surface area contributed by atoms with Gasteiger partial charge in [-0.15, -0.1) is 34.0 Å². The second-order valence-electron chi connectivity index (χ2n) is 37.0. The maximum absolute atomic E-state index is 2.50. The number of hydrogen-bond donors (Lipinski definition) is 0. The number of thiophene rings is 3. The summed E-state index contributed by atoms with van der Waals surface area (Å²) in [6.07, 6.45) is 0. The van der Waals surface area contributed by atoms with Crippen LogP contribution in [-0.2, 0) is 0 Å². The Morgan fingerprint density at radius 3 is 0.773 bits per heavy atom. The lowest BCUT2D eigenvalue weighted by Crippen LogP contribution is -1.95. The first-order valence-corrected chi connectivity index (χ1v) is 50.8. The molecule has 0 atom stereocenters. The largest absolute Gasteiger partial charge is 0.309 e. The van der Waals surface area contributed by atoms with E-state index < -0.39 is 0 Å². The Morgan fingerprint density at radius 2 is 0.383 bits per heavy atom. The average Bonchev–Trinajstić information content (AvgIpc) is 1.69. The lowest BCUT2D eigenvalue weighted by Gasteiger charge is -2.18. The Morgan fingerprint density at radius 1 is 0.121 bits per heavy atom. The van der Waals surface area contributed by atoms with Gasteiger partial charge in [-0.25, -0.2) is 0 Å². The van der Waals surface area contributed by atoms with Gasteiger partial charge < -0.3 is 9.13 Å². The number of nitrogens with zero attached hydrogens (tertiary/aromatic N) is 2. The van der Waals surface area contributed by atoms with E-state index in [2.05, 4.69) is 519 Å². The first kappa shape index (κ1) is 81.9. The molecule has 0 radical (unpaired) electrons. The molecule has 656 valence electrons. The van der Waals surface area contributed by atoms with Crippen molar-refractivity contribution in [2.45, 2.75) is 0 Å². The Balaban J connectivity index is 0.000000140. The molecule has 0 unspecified atom stereocenters. The molecule has 29 aromatic rings. The van der Waals surface area contributed by atoms with E-state index in [4.69, 9.17) is 0 Å². The van der Waals surface area contributed by atoms with E-state index in [-0.39, 0.29) is 0 Å². The lowest BCUT2D eigenvalue weighted by molar-refractivity contribution is 1.18. The SMILES string of the molecule is c1ccc(-c2c3ccccc3c(-c3cccc(-n4c5ccc(-c6cccc7c6sc6c(-c8ccccc8)cccc67)cc5c5cc(-c6cccc7c6sc6c(-c8ccccc8)cccc67)ccc54)c3)c3ccccc23)cc1.c1ccc(-c2ccc3sc4c(-c5ccc6c(c5)c5ccccc5n6-c5cccc(-c6c7ccccc7c(-c7ccccc7)c7ccccc67)c5)cc(-c5ccccc5)cc4c3c2)cc1. The number of aromatic nitrogens is 2. The molecule has 141 heavy (non-hydrogen) atoms. The molecule has 0 N–H and O–H groups in total. The van der Waals surface area contributed by atoms with E-state index in [1.807, 2.05) is 34.0 Å². The van der Waals surface area contributed by atoms with Crippen molar-refractivity contribution in [3.63, 3.8) is 0 Å². The summed E-state index contributed by atoms with van der Waals surface area (Å²) in [6.45, 7) is 0. The normalized spacial score (nSPS) is 11.8. The van der Waals surface area contributed by atoms with Crippen molar-refractivity contribution >= 4 is 181 Å². The molecule has 29 rings (SSSR count). The topological polar surface area (TPSA) is 9.86 Å². The van der Waals surface area contributed by atoms with Crippen LogP contribution in [-0.4, -0.2) is 9.13 Å². The zero-order valence-electron chi connectivity index (χ0n) is 76.6. The van der Waals surface area contributed by atoms with Crippen LogP contribution in [0.3, 0.4) is 0 Å². The predicted molar refractivity (Wildman–Crippen MR) is 610 cm³/mol. The van der Waals surface area contributed by atoms with Crippen molar-refractivity contribution in [3.8, 4) is 134 Å². The molecule has 0 aliphatic heterocycles. The Kier molecular flexibility index (Phi) is 19.6. The van der Waals surface area contributed by atoms with E-state index in [0.717, 1.165) is 11.4 Å². The summed E-state index contributed by atoms with van der Waals surface area (Å²) in [6, 6.07) is 189. The summed E-state index contributed by atoms with van der Waals surface area (Å²) in [5.74, 6) is 0. The van der Waals surface area contributed by atoms with Crippen LogP contribution in [0, 0.1) is 0 Å². The molecule has 5 aromatic heterocycles. The van der Waals surface area contributed by atoms with Gasteiger partial charge in [-0.1, -0.05) is 419 Å². The minimum absolute atomic E-state index is 1.13. The molecule has 0 bridgehead atoms. The Labute approximate surface area is 827 Å². The van der Waals surface area contributed by atoms with Crippen molar-refractivity contribution in [1.82, 2.24) is 9.13 Å². The molecule has 0 saturated heterocycles. The molecule has 0 spiro atoms. The number of para-hydroxylation sites is 1. The van der Waals surface area contributed by atoms with Crippen LogP contribution >= 0.6 is 34.0 Å². The third-order valence-corrected chi connectivity index (χ3v) is 32.9. The zero-order valence-corrected chi connectivity index (χ0v) is 79.1. The lowest BCUT2D eigenvalue weighted by atomic mass is 9.86. The van der Waals surface area contributed by atoms with Gasteiger partial charge in [0.1, 0.15) is 0 Å². The highest BCUT2D eigenvalue weighted by Gasteiger charge is 2.27. The minimum atomic E-state index is 1.13. The van der Waals surface area contributed by atoms with Gasteiger partial charge in [0.05, 0.1) is 22.1 Å². The first-order chi connectivity index (χ1) is 70.0. The van der Waals surface area contributed by atoms with Crippen LogP contribution in [0.25, 0.3) is 281 Å². The Hall–Kier alpha value is -17.4. The highest BCUT2D eigenvalue weighted by molar-refractivity contribution is 7.27. The van der Waals surface area contributed by atoms with Crippen molar-refractivity contribution < 1.29 is 0 Å². The van der Waals surface area contributed by atoms with Gasteiger partial charge in [0.15, 0.2) is 0 Å². The van der Waals surface area contributed by atoms with Crippen molar-refractivity contribution in [2.75, 3.05) is 0 Å². The van der Waals surface area contributed by atoms with Crippen LogP contribution in [0.5, 0.6) is 0 Å². The summed E-state index contributed by atoms with van der Waals surface area (Å²) < 4.78 is 12.8. The van der Waals surface area contributed by atoms with E-state index in [9.17, 15) is 0 Å². The smallest absolute Gasteiger partial charge is 0.0541 e. The molecule has 0 fully saturated rings. The number of fused-ring (bicyclic) bond motifs is 19. The number of hydrogen-bond acceptors (Lipinski definition) is 3. The zero-order chi connectivity index (χ0) is 92.7. The maximum atomic E-state index is 2.50. The fraction of sp³-hybridized carbons (Fsp3) is 0. The second kappa shape index (κ2) is 33.8. The molecule has 24 aromatic carbocycles. The molecule has 2 nitrogen and oxygen atoms in total. The molecular weight excluding hydrogens is 1760 g/mol. The van der Waals surface area contributed by atoms with Gasteiger partial charge in [0.25, 0.3) is 0 Å². The quantitative estimate of drug-likeness (QED) is 0.102. The maximum Gasteiger partial charge on any atom is 0.0541 e. The highest BCUT2D eigenvalue weighted by atomic mass is 32.1. The van der Waals surface area contributed by atoms with Gasteiger partial charge in [-0.05, 0) is 251 Å². The summed E-state index contributed by atoms with van der Waals surface area (Å²) >= 11 is 5.72. The monoisotopic (exact) mass is 1840 g/mol. The van der Waals surface area contributed by atoms with Gasteiger partial charge in [0, 0.05) is 99.0 Å². The fourth-order valence-corrected chi connectivity index (χ4v) is 26.8. The number of benzene rings is 24. The van der Waals surface area contributed by atoms with Gasteiger partial charge in [-0.2, -0.15) is 0 Å². The van der Waals surface area contributed by atoms with Crippen LogP contribution < -0.4 is 0 Å². The van der Waals surface area contributed by atoms with Gasteiger partial charge >= 0.3 is 0 Å². The number of rotatable bonds is 13. The van der Waals surface area contributed by atoms with Crippen LogP contribution in [0.1, 0.15) is 0 Å². The van der Waals surface area contributed by atoms with E-state index in [0.29, 0.717) is 0 Å². The summed E-state index contributed by atoms with van der Waals surface area (Å²) in [4.78, 5) is 0. The van der Waals surface area contributed by atoms with Gasteiger partial charge in [-0.3, -0.25) is 0 Å². The summed E-state index contributed by atoms with van der Waals surface area (Å²) in [7, 11) is 0. The molecule has 0 aliphatic carbocycles. The van der Waals surface area contributed by atoms with Crippen LogP contribution in [0.4, 0.5) is 0 Å². The molecule has 0 amide bonds. The van der Waals surface area contributed by atoms with Gasteiger partial charge in [0.2, 0.25) is 0 Å². The Bertz CT molecular complexity index is 9780. The predicted octanol–water partition coefficient (Wildman–Crippen LogP) is 39.6. The summed E-state index contributed by atoms with van der Waals surface area (Å²) in [5, 5.41) is 22.8. The molecule has 0 aliphatic rings. The third kappa shape index (κ3) is 13.6. The molecular formula is C136H84N2S3. The van der Waals surface area contributed by atoms with Crippen molar-refractivity contribution in [2.24, 2.45) is 0 Å². The van der Waals surface area contributed by atoms with Crippen LogP contribution in [0.2, 0.25) is 0 Å². The average molecular weight is 1840 g/mol. The summed E-state index contributed by atoms with van der Waals surface area (Å²) in [5.41, 5.74) is 34.3. The standard InChI is InChI=1S/C74H45NS2.C62H39NS/c1-4-19-46(20-5-1)53-31-15-35-61-63-37-17-33-55(73(63)76-71(53)61)49-39-41-67-65(44-49)66-45-50(56-34-18-38-64-62-36-16-32-54(72(62)77-74(56)64)47-21-6-2-7-22-47)40-42-68(66)75(67)52-26-14-25-51(43-52)70-59-29-12-10-27-57(59)69(48-23-8-3-9-24-48)58-28-11-13-30-60(58)70;1-4-17-40(18-5-1)43-32-34-59-55(36-43)56-39-46(41-19-6-2-7-20-41)38-53(62(56)64-59)44-31-33-58-54(37-44)48-25-14-15-30-57(48)63(58)47-24-16-23-45(35-47)61-51-28-12-10-26-49(51)60(42-21-8-3-9-22-42)50-27-11-13-29-52(50)61/h1-45H;1-39H.